The van der Waals surface area contributed by atoms with Gasteiger partial charge in [0.15, 0.2) is 0 Å². The van der Waals surface area contributed by atoms with Gasteiger partial charge in [-0.2, -0.15) is 0 Å². The molecule has 7 heteroatoms. The highest BCUT2D eigenvalue weighted by Gasteiger charge is 2.32. The summed E-state index contributed by atoms with van der Waals surface area (Å²) in [4.78, 5) is 35.4. The number of oxazole rings is 1. The molecule has 3 aromatic rings. The minimum absolute atomic E-state index is 0.00131. The number of pyridine rings is 1. The van der Waals surface area contributed by atoms with Crippen LogP contribution in [0.25, 0.3) is 11.5 Å². The van der Waals surface area contributed by atoms with E-state index in [0.29, 0.717) is 31.0 Å². The Hall–Kier alpha value is -3.48. The van der Waals surface area contributed by atoms with E-state index < -0.39 is 0 Å². The van der Waals surface area contributed by atoms with Crippen LogP contribution in [0.15, 0.2) is 53.2 Å². The molecule has 0 saturated carbocycles. The Labute approximate surface area is 161 Å². The van der Waals surface area contributed by atoms with Crippen LogP contribution in [0.3, 0.4) is 0 Å². The van der Waals surface area contributed by atoms with Gasteiger partial charge in [0.25, 0.3) is 5.91 Å². The highest BCUT2D eigenvalue weighted by molar-refractivity contribution is 5.99. The van der Waals surface area contributed by atoms with Gasteiger partial charge in [-0.1, -0.05) is 18.2 Å². The minimum Gasteiger partial charge on any atom is -0.441 e. The van der Waals surface area contributed by atoms with Crippen molar-refractivity contribution in [2.45, 2.75) is 25.4 Å². The maximum absolute atomic E-state index is 12.9. The molecule has 1 atom stereocenters. The molecule has 0 saturated heterocycles. The highest BCUT2D eigenvalue weighted by Crippen LogP contribution is 2.30. The fraction of sp³-hybridized carbons (Fsp3) is 0.238. The van der Waals surface area contributed by atoms with E-state index in [1.165, 1.54) is 0 Å². The van der Waals surface area contributed by atoms with Crippen LogP contribution in [0.1, 0.15) is 39.8 Å². The molecule has 1 unspecified atom stereocenters. The first-order chi connectivity index (χ1) is 13.7. The number of carbonyl (C=O) groups excluding carboxylic acids is 2. The third kappa shape index (κ3) is 2.85. The summed E-state index contributed by atoms with van der Waals surface area (Å²) in [6.07, 6.45) is 4.28. The Balaban J connectivity index is 1.31. The molecule has 0 aliphatic carbocycles. The molecule has 4 heterocycles. The molecule has 0 fully saturated rings. The summed E-state index contributed by atoms with van der Waals surface area (Å²) >= 11 is 0. The van der Waals surface area contributed by atoms with E-state index in [4.69, 9.17) is 4.42 Å². The summed E-state index contributed by atoms with van der Waals surface area (Å²) in [5.74, 6) is 1.23. The SMILES string of the molecule is O=C1NC(CC(=O)N2CCc3oc(-c4cccnc4)nc3C2)c2ccccc21. The molecule has 0 radical (unpaired) electrons. The summed E-state index contributed by atoms with van der Waals surface area (Å²) < 4.78 is 5.87. The first-order valence-electron chi connectivity index (χ1n) is 9.25. The van der Waals surface area contributed by atoms with Gasteiger partial charge in [-0.05, 0) is 23.8 Å². The van der Waals surface area contributed by atoms with Crippen molar-refractivity contribution in [3.05, 3.63) is 71.4 Å². The molecule has 140 valence electrons. The number of nitrogens with zero attached hydrogens (tertiary/aromatic N) is 3. The zero-order valence-electron chi connectivity index (χ0n) is 15.1. The predicted octanol–water partition coefficient (Wildman–Crippen LogP) is 2.50. The van der Waals surface area contributed by atoms with Crippen molar-refractivity contribution in [3.63, 3.8) is 0 Å². The summed E-state index contributed by atoms with van der Waals surface area (Å²) in [6, 6.07) is 10.9. The normalized spacial score (nSPS) is 17.8. The average molecular weight is 374 g/mol. The maximum Gasteiger partial charge on any atom is 0.252 e. The lowest BCUT2D eigenvalue weighted by Crippen LogP contribution is -2.37. The van der Waals surface area contributed by atoms with Gasteiger partial charge in [0.1, 0.15) is 11.5 Å². The highest BCUT2D eigenvalue weighted by atomic mass is 16.4. The molecule has 7 nitrogen and oxygen atoms in total. The molecular formula is C21H18N4O3. The van der Waals surface area contributed by atoms with E-state index in [2.05, 4.69) is 15.3 Å². The van der Waals surface area contributed by atoms with Crippen molar-refractivity contribution in [3.8, 4) is 11.5 Å². The number of fused-ring (bicyclic) bond motifs is 2. The Bertz CT molecular complexity index is 1060. The number of nitrogens with one attached hydrogen (secondary N) is 1. The van der Waals surface area contributed by atoms with Crippen LogP contribution >= 0.6 is 0 Å². The lowest BCUT2D eigenvalue weighted by molar-refractivity contribution is -0.132. The van der Waals surface area contributed by atoms with E-state index in [0.717, 1.165) is 22.6 Å². The van der Waals surface area contributed by atoms with Crippen molar-refractivity contribution in [2.75, 3.05) is 6.54 Å². The van der Waals surface area contributed by atoms with E-state index in [1.807, 2.05) is 30.3 Å². The number of aromatic nitrogens is 2. The second-order valence-electron chi connectivity index (χ2n) is 7.01. The number of hydrogen-bond acceptors (Lipinski definition) is 5. The van der Waals surface area contributed by atoms with E-state index in [-0.39, 0.29) is 24.3 Å². The molecule has 2 aliphatic heterocycles. The molecule has 1 aromatic carbocycles. The zero-order valence-corrected chi connectivity index (χ0v) is 15.1. The van der Waals surface area contributed by atoms with Gasteiger partial charge in [-0.3, -0.25) is 14.6 Å². The first kappa shape index (κ1) is 16.7. The van der Waals surface area contributed by atoms with Gasteiger partial charge in [-0.25, -0.2) is 4.98 Å². The zero-order chi connectivity index (χ0) is 19.1. The summed E-state index contributed by atoms with van der Waals surface area (Å²) in [6.45, 7) is 0.996. The van der Waals surface area contributed by atoms with Crippen LogP contribution < -0.4 is 5.32 Å². The van der Waals surface area contributed by atoms with E-state index >= 15 is 0 Å². The summed E-state index contributed by atoms with van der Waals surface area (Å²) in [5, 5.41) is 2.91. The number of benzene rings is 1. The van der Waals surface area contributed by atoms with E-state index in [1.54, 1.807) is 23.4 Å². The summed E-state index contributed by atoms with van der Waals surface area (Å²) in [5.41, 5.74) is 3.15. The van der Waals surface area contributed by atoms with E-state index in [9.17, 15) is 9.59 Å². The fourth-order valence-corrected chi connectivity index (χ4v) is 3.81. The third-order valence-electron chi connectivity index (χ3n) is 5.25. The second kappa shape index (κ2) is 6.60. The van der Waals surface area contributed by atoms with Crippen LogP contribution in [-0.4, -0.2) is 33.2 Å². The van der Waals surface area contributed by atoms with Gasteiger partial charge in [-0.15, -0.1) is 0 Å². The molecule has 2 aliphatic rings. The monoisotopic (exact) mass is 374 g/mol. The molecule has 28 heavy (non-hydrogen) atoms. The molecule has 0 bridgehead atoms. The topological polar surface area (TPSA) is 88.3 Å². The molecule has 0 spiro atoms. The first-order valence-corrected chi connectivity index (χ1v) is 9.25. The molecular weight excluding hydrogens is 356 g/mol. The Morgan fingerprint density at radius 2 is 2.14 bits per heavy atom. The van der Waals surface area contributed by atoms with Crippen molar-refractivity contribution >= 4 is 11.8 Å². The van der Waals surface area contributed by atoms with Crippen molar-refractivity contribution in [2.24, 2.45) is 0 Å². The number of amides is 2. The molecule has 1 N–H and O–H groups in total. The van der Waals surface area contributed by atoms with Gasteiger partial charge in [0.05, 0.1) is 24.6 Å². The van der Waals surface area contributed by atoms with Crippen molar-refractivity contribution < 1.29 is 14.0 Å². The van der Waals surface area contributed by atoms with Crippen LogP contribution in [0.5, 0.6) is 0 Å². The fourth-order valence-electron chi connectivity index (χ4n) is 3.81. The lowest BCUT2D eigenvalue weighted by Gasteiger charge is -2.26. The quantitative estimate of drug-likeness (QED) is 0.761. The molecule has 5 rings (SSSR count). The third-order valence-corrected chi connectivity index (χ3v) is 5.25. The Kier molecular flexibility index (Phi) is 3.93. The summed E-state index contributed by atoms with van der Waals surface area (Å²) in [7, 11) is 0. The van der Waals surface area contributed by atoms with Gasteiger partial charge >= 0.3 is 0 Å². The lowest BCUT2D eigenvalue weighted by atomic mass is 10.0. The second-order valence-corrected chi connectivity index (χ2v) is 7.01. The van der Waals surface area contributed by atoms with Crippen LogP contribution in [-0.2, 0) is 17.8 Å². The largest absolute Gasteiger partial charge is 0.441 e. The van der Waals surface area contributed by atoms with Crippen LogP contribution in [0, 0.1) is 0 Å². The smallest absolute Gasteiger partial charge is 0.252 e. The number of hydrogen-bond donors (Lipinski definition) is 1. The van der Waals surface area contributed by atoms with Gasteiger partial charge in [0, 0.05) is 30.9 Å². The number of carbonyl (C=O) groups is 2. The number of rotatable bonds is 3. The predicted molar refractivity (Wildman–Crippen MR) is 100 cm³/mol. The molecule has 2 amide bonds. The average Bonchev–Trinajstić information content (AvgIpc) is 3.30. The Morgan fingerprint density at radius 1 is 1.25 bits per heavy atom. The Morgan fingerprint density at radius 3 is 3.00 bits per heavy atom. The van der Waals surface area contributed by atoms with Crippen molar-refractivity contribution in [1.29, 1.82) is 0 Å². The molecule has 2 aromatic heterocycles. The van der Waals surface area contributed by atoms with Crippen molar-refractivity contribution in [1.82, 2.24) is 20.2 Å². The van der Waals surface area contributed by atoms with Crippen LogP contribution in [0.2, 0.25) is 0 Å². The van der Waals surface area contributed by atoms with Gasteiger partial charge < -0.3 is 14.6 Å². The minimum atomic E-state index is -0.277. The van der Waals surface area contributed by atoms with Crippen LogP contribution in [0.4, 0.5) is 0 Å². The van der Waals surface area contributed by atoms with Gasteiger partial charge in [0.2, 0.25) is 11.8 Å². The maximum atomic E-state index is 12.9. The standard InChI is InChI=1S/C21H18N4O3/c26-19(10-16-14-5-1-2-6-15(14)20(27)23-16)25-9-7-18-17(12-25)24-21(28-18)13-4-3-8-22-11-13/h1-6,8,11,16H,7,9-10,12H2,(H,23,27).